The van der Waals surface area contributed by atoms with Gasteiger partial charge in [0.15, 0.2) is 0 Å². The van der Waals surface area contributed by atoms with E-state index in [1.807, 2.05) is 18.2 Å². The lowest BCUT2D eigenvalue weighted by Gasteiger charge is -2.46. The Morgan fingerprint density at radius 2 is 1.88 bits per heavy atom. The molecule has 24 heavy (non-hydrogen) atoms. The summed E-state index contributed by atoms with van der Waals surface area (Å²) < 4.78 is 7.36. The van der Waals surface area contributed by atoms with E-state index in [2.05, 4.69) is 51.2 Å². The van der Waals surface area contributed by atoms with Gasteiger partial charge in [0.2, 0.25) is 0 Å². The first kappa shape index (κ1) is 16.1. The van der Waals surface area contributed by atoms with Crippen LogP contribution in [0.3, 0.4) is 0 Å². The number of hydrogen-bond acceptors (Lipinski definition) is 3. The highest BCUT2D eigenvalue weighted by Gasteiger charge is 2.42. The maximum absolute atomic E-state index is 10.6. The summed E-state index contributed by atoms with van der Waals surface area (Å²) in [6, 6.07) is 16.5. The van der Waals surface area contributed by atoms with Gasteiger partial charge < -0.3 is 9.84 Å². The molecule has 1 N–H and O–H groups in total. The summed E-state index contributed by atoms with van der Waals surface area (Å²) in [5, 5.41) is 10.6. The number of piperidine rings is 1. The van der Waals surface area contributed by atoms with E-state index < -0.39 is 6.10 Å². The number of halogens is 1. The van der Waals surface area contributed by atoms with Crippen LogP contribution in [0, 0.1) is 0 Å². The maximum Gasteiger partial charge on any atom is 0.126 e. The van der Waals surface area contributed by atoms with E-state index in [0.717, 1.165) is 48.3 Å². The van der Waals surface area contributed by atoms with E-state index in [4.69, 9.17) is 4.74 Å². The van der Waals surface area contributed by atoms with Crippen molar-refractivity contribution < 1.29 is 9.84 Å². The molecule has 1 saturated heterocycles. The Morgan fingerprint density at radius 3 is 2.62 bits per heavy atom. The minimum atomic E-state index is -0.438. The standard InChI is InChI=1S/C20H22BrNO2/c21-16-6-7-19-17(12-16)18(23)13-20(24-19)8-10-22(11-9-20)14-15-4-2-1-3-5-15/h1-7,12,18,23H,8-11,13-14H2. The molecule has 4 heteroatoms. The molecule has 126 valence electrons. The van der Waals surface area contributed by atoms with Gasteiger partial charge in [-0.15, -0.1) is 0 Å². The highest BCUT2D eigenvalue weighted by molar-refractivity contribution is 9.10. The molecule has 2 aromatic carbocycles. The van der Waals surface area contributed by atoms with E-state index in [0.29, 0.717) is 6.42 Å². The van der Waals surface area contributed by atoms with Gasteiger partial charge in [-0.05, 0) is 36.6 Å². The molecule has 2 heterocycles. The summed E-state index contributed by atoms with van der Waals surface area (Å²) >= 11 is 3.47. The monoisotopic (exact) mass is 387 g/mol. The molecule has 2 aliphatic heterocycles. The van der Waals surface area contributed by atoms with E-state index in [9.17, 15) is 5.11 Å². The average molecular weight is 388 g/mol. The second-order valence-corrected chi connectivity index (χ2v) is 7.86. The molecule has 2 aromatic rings. The fourth-order valence-corrected chi connectivity index (χ4v) is 4.26. The van der Waals surface area contributed by atoms with Crippen molar-refractivity contribution in [2.75, 3.05) is 13.1 Å². The fraction of sp³-hybridized carbons (Fsp3) is 0.400. The average Bonchev–Trinajstić information content (AvgIpc) is 2.59. The van der Waals surface area contributed by atoms with Gasteiger partial charge >= 0.3 is 0 Å². The number of aliphatic hydroxyl groups is 1. The Kier molecular flexibility index (Phi) is 4.37. The van der Waals surface area contributed by atoms with Crippen LogP contribution in [0.4, 0.5) is 0 Å². The molecule has 3 nitrogen and oxygen atoms in total. The zero-order chi connectivity index (χ0) is 16.6. The number of aliphatic hydroxyl groups excluding tert-OH is 1. The van der Waals surface area contributed by atoms with Crippen LogP contribution in [-0.4, -0.2) is 28.7 Å². The summed E-state index contributed by atoms with van der Waals surface area (Å²) in [5.74, 6) is 0.841. The molecule has 1 atom stereocenters. The van der Waals surface area contributed by atoms with Crippen molar-refractivity contribution in [3.8, 4) is 5.75 Å². The van der Waals surface area contributed by atoms with Crippen molar-refractivity contribution in [3.05, 3.63) is 64.1 Å². The van der Waals surface area contributed by atoms with Gasteiger partial charge in [-0.1, -0.05) is 46.3 Å². The van der Waals surface area contributed by atoms with Crippen LogP contribution in [-0.2, 0) is 6.54 Å². The molecule has 1 spiro atoms. The van der Waals surface area contributed by atoms with E-state index >= 15 is 0 Å². The van der Waals surface area contributed by atoms with Crippen LogP contribution in [0.1, 0.15) is 36.5 Å². The molecule has 0 amide bonds. The van der Waals surface area contributed by atoms with Crippen molar-refractivity contribution in [2.45, 2.75) is 37.5 Å². The minimum absolute atomic E-state index is 0.215. The first-order valence-electron chi connectivity index (χ1n) is 8.56. The minimum Gasteiger partial charge on any atom is -0.487 e. The number of benzene rings is 2. The highest BCUT2D eigenvalue weighted by Crippen LogP contribution is 2.45. The molecule has 0 bridgehead atoms. The second-order valence-electron chi connectivity index (χ2n) is 6.95. The van der Waals surface area contributed by atoms with Gasteiger partial charge in [0.25, 0.3) is 0 Å². The maximum atomic E-state index is 10.6. The van der Waals surface area contributed by atoms with Crippen LogP contribution >= 0.6 is 15.9 Å². The van der Waals surface area contributed by atoms with Gasteiger partial charge in [-0.25, -0.2) is 0 Å². The molecule has 0 saturated carbocycles. The number of rotatable bonds is 2. The van der Waals surface area contributed by atoms with Gasteiger partial charge in [0, 0.05) is 36.1 Å². The predicted molar refractivity (Wildman–Crippen MR) is 98.0 cm³/mol. The summed E-state index contributed by atoms with van der Waals surface area (Å²) in [5.41, 5.74) is 2.04. The van der Waals surface area contributed by atoms with Crippen molar-refractivity contribution in [1.29, 1.82) is 0 Å². The molecule has 4 rings (SSSR count). The SMILES string of the molecule is OC1CC2(CCN(Cc3ccccc3)CC2)Oc2ccc(Br)cc21. The lowest BCUT2D eigenvalue weighted by molar-refractivity contribution is -0.0551. The largest absolute Gasteiger partial charge is 0.487 e. The summed E-state index contributed by atoms with van der Waals surface area (Å²) in [6.45, 7) is 3.00. The van der Waals surface area contributed by atoms with Crippen LogP contribution in [0.15, 0.2) is 53.0 Å². The fourth-order valence-electron chi connectivity index (χ4n) is 3.88. The molecular formula is C20H22BrNO2. The number of ether oxygens (including phenoxy) is 1. The predicted octanol–water partition coefficient (Wildman–Crippen LogP) is 4.30. The first-order chi connectivity index (χ1) is 11.6. The van der Waals surface area contributed by atoms with Crippen molar-refractivity contribution >= 4 is 15.9 Å². The molecule has 2 aliphatic rings. The second kappa shape index (κ2) is 6.51. The van der Waals surface area contributed by atoms with Crippen molar-refractivity contribution in [3.63, 3.8) is 0 Å². The summed E-state index contributed by atoms with van der Waals surface area (Å²) in [6.07, 6.45) is 2.18. The number of likely N-dealkylation sites (tertiary alicyclic amines) is 1. The Bertz CT molecular complexity index is 711. The number of fused-ring (bicyclic) bond motifs is 1. The van der Waals surface area contributed by atoms with E-state index in [1.165, 1.54) is 5.56 Å². The molecule has 1 fully saturated rings. The quantitative estimate of drug-likeness (QED) is 0.833. The van der Waals surface area contributed by atoms with Crippen LogP contribution in [0.25, 0.3) is 0 Å². The Morgan fingerprint density at radius 1 is 1.12 bits per heavy atom. The summed E-state index contributed by atoms with van der Waals surface area (Å²) in [4.78, 5) is 2.48. The lowest BCUT2D eigenvalue weighted by atomic mass is 9.81. The third-order valence-corrected chi connectivity index (χ3v) is 5.73. The molecule has 0 aliphatic carbocycles. The summed E-state index contributed by atoms with van der Waals surface area (Å²) in [7, 11) is 0. The van der Waals surface area contributed by atoms with Gasteiger partial charge in [0.1, 0.15) is 11.4 Å². The molecular weight excluding hydrogens is 366 g/mol. The van der Waals surface area contributed by atoms with Crippen LogP contribution in [0.5, 0.6) is 5.75 Å². The molecule has 0 aromatic heterocycles. The van der Waals surface area contributed by atoms with Crippen molar-refractivity contribution in [1.82, 2.24) is 4.90 Å². The third-order valence-electron chi connectivity index (χ3n) is 5.24. The molecule has 1 unspecified atom stereocenters. The van der Waals surface area contributed by atoms with Gasteiger partial charge in [0.05, 0.1) is 6.10 Å². The first-order valence-corrected chi connectivity index (χ1v) is 9.36. The normalized spacial score (nSPS) is 22.8. The Labute approximate surface area is 151 Å². The number of nitrogens with zero attached hydrogens (tertiary/aromatic N) is 1. The van der Waals surface area contributed by atoms with E-state index in [-0.39, 0.29) is 5.60 Å². The topological polar surface area (TPSA) is 32.7 Å². The molecule has 0 radical (unpaired) electrons. The van der Waals surface area contributed by atoms with Gasteiger partial charge in [-0.3, -0.25) is 4.90 Å². The van der Waals surface area contributed by atoms with Gasteiger partial charge in [-0.2, -0.15) is 0 Å². The zero-order valence-electron chi connectivity index (χ0n) is 13.6. The van der Waals surface area contributed by atoms with Crippen LogP contribution < -0.4 is 4.74 Å². The van der Waals surface area contributed by atoms with Crippen LogP contribution in [0.2, 0.25) is 0 Å². The Hall–Kier alpha value is -1.36. The zero-order valence-corrected chi connectivity index (χ0v) is 15.2. The number of hydrogen-bond donors (Lipinski definition) is 1. The third kappa shape index (κ3) is 3.23. The smallest absolute Gasteiger partial charge is 0.126 e. The van der Waals surface area contributed by atoms with E-state index in [1.54, 1.807) is 0 Å². The highest BCUT2D eigenvalue weighted by atomic mass is 79.9. The Balaban J connectivity index is 1.44. The van der Waals surface area contributed by atoms with Crippen molar-refractivity contribution in [2.24, 2.45) is 0 Å². The lowest BCUT2D eigenvalue weighted by Crippen LogP contribution is -2.50.